The summed E-state index contributed by atoms with van der Waals surface area (Å²) in [4.78, 5) is 0. The normalized spacial score (nSPS) is 12.4. The molecule has 2 N–H and O–H groups in total. The average molecular weight is 249 g/mol. The molecule has 1 heterocycles. The molecule has 90 valence electrons. The van der Waals surface area contributed by atoms with Gasteiger partial charge in [0.25, 0.3) is 0 Å². The molecule has 0 saturated heterocycles. The molecule has 0 fully saturated rings. The van der Waals surface area contributed by atoms with E-state index in [9.17, 15) is 0 Å². The fraction of sp³-hybridized carbons (Fsp3) is 0.333. The Balaban J connectivity index is 2.04. The lowest BCUT2D eigenvalue weighted by atomic mass is 10.2. The third kappa shape index (κ3) is 2.94. The van der Waals surface area contributed by atoms with Gasteiger partial charge in [0.05, 0.1) is 0 Å². The van der Waals surface area contributed by atoms with Gasteiger partial charge in [0, 0.05) is 0 Å². The molecule has 1 atom stereocenters. The van der Waals surface area contributed by atoms with Gasteiger partial charge in [-0.3, -0.25) is 0 Å². The van der Waals surface area contributed by atoms with Gasteiger partial charge in [-0.05, 0) is 31.0 Å². The van der Waals surface area contributed by atoms with E-state index in [4.69, 9.17) is 10.5 Å². The van der Waals surface area contributed by atoms with Crippen LogP contribution < -0.4 is 10.5 Å². The smallest absolute Gasteiger partial charge is 0.203 e. The molecule has 0 aliphatic rings. The predicted molar refractivity (Wildman–Crippen MR) is 69.2 cm³/mol. The predicted octanol–water partition coefficient (Wildman–Crippen LogP) is 2.82. The molecule has 0 spiro atoms. The molecule has 0 aliphatic carbocycles. The first kappa shape index (κ1) is 11.9. The van der Waals surface area contributed by atoms with E-state index in [1.807, 2.05) is 19.1 Å². The highest BCUT2D eigenvalue weighted by Crippen LogP contribution is 2.25. The number of rotatable bonds is 4. The van der Waals surface area contributed by atoms with E-state index in [-0.39, 0.29) is 6.10 Å². The zero-order chi connectivity index (χ0) is 12.3. The van der Waals surface area contributed by atoms with Crippen LogP contribution in [0.4, 0.5) is 5.13 Å². The van der Waals surface area contributed by atoms with Crippen molar-refractivity contribution in [3.8, 4) is 5.75 Å². The standard InChI is InChI=1S/C12H15N3OS/c1-3-9-4-6-10(7-5-9)16-8(2)11-14-15-12(13)17-11/h4-8H,3H2,1-2H3,(H2,13,15)/t8-/m0/s1. The summed E-state index contributed by atoms with van der Waals surface area (Å²) < 4.78 is 5.77. The Bertz CT molecular complexity index is 481. The maximum Gasteiger partial charge on any atom is 0.203 e. The van der Waals surface area contributed by atoms with Crippen molar-refractivity contribution in [2.45, 2.75) is 26.4 Å². The third-order valence-corrected chi connectivity index (χ3v) is 3.36. The molecule has 0 amide bonds. The molecule has 0 bridgehead atoms. The van der Waals surface area contributed by atoms with Crippen LogP contribution in [-0.4, -0.2) is 10.2 Å². The number of anilines is 1. The van der Waals surface area contributed by atoms with Crippen LogP contribution in [0.3, 0.4) is 0 Å². The van der Waals surface area contributed by atoms with E-state index >= 15 is 0 Å². The van der Waals surface area contributed by atoms with Crippen LogP contribution in [0.15, 0.2) is 24.3 Å². The SMILES string of the molecule is CCc1ccc(O[C@@H](C)c2nnc(N)s2)cc1. The van der Waals surface area contributed by atoms with Gasteiger partial charge >= 0.3 is 0 Å². The lowest BCUT2D eigenvalue weighted by Crippen LogP contribution is -2.02. The van der Waals surface area contributed by atoms with Crippen molar-refractivity contribution in [3.05, 3.63) is 34.8 Å². The number of nitrogen functional groups attached to an aromatic ring is 1. The van der Waals surface area contributed by atoms with Crippen LogP contribution in [0, 0.1) is 0 Å². The lowest BCUT2D eigenvalue weighted by molar-refractivity contribution is 0.225. The second-order valence-electron chi connectivity index (χ2n) is 3.74. The molecule has 1 aromatic carbocycles. The van der Waals surface area contributed by atoms with Gasteiger partial charge in [-0.15, -0.1) is 10.2 Å². The van der Waals surface area contributed by atoms with Crippen molar-refractivity contribution in [1.29, 1.82) is 0 Å². The van der Waals surface area contributed by atoms with Gasteiger partial charge in [-0.2, -0.15) is 0 Å². The summed E-state index contributed by atoms with van der Waals surface area (Å²) >= 11 is 1.35. The molecule has 2 aromatic rings. The highest BCUT2D eigenvalue weighted by atomic mass is 32.1. The van der Waals surface area contributed by atoms with E-state index < -0.39 is 0 Å². The molecule has 0 radical (unpaired) electrons. The second kappa shape index (κ2) is 5.14. The maximum absolute atomic E-state index is 5.77. The lowest BCUT2D eigenvalue weighted by Gasteiger charge is -2.11. The number of benzene rings is 1. The number of nitrogens with two attached hydrogens (primary N) is 1. The Labute approximate surface area is 104 Å². The minimum atomic E-state index is -0.128. The molecule has 2 rings (SSSR count). The van der Waals surface area contributed by atoms with Gasteiger partial charge in [-0.1, -0.05) is 30.4 Å². The van der Waals surface area contributed by atoms with E-state index in [0.29, 0.717) is 5.13 Å². The van der Waals surface area contributed by atoms with Crippen molar-refractivity contribution < 1.29 is 4.74 Å². The zero-order valence-corrected chi connectivity index (χ0v) is 10.7. The number of ether oxygens (including phenoxy) is 1. The molecule has 0 saturated carbocycles. The number of hydrogen-bond donors (Lipinski definition) is 1. The zero-order valence-electron chi connectivity index (χ0n) is 9.88. The van der Waals surface area contributed by atoms with Crippen molar-refractivity contribution in [2.75, 3.05) is 5.73 Å². The van der Waals surface area contributed by atoms with Crippen LogP contribution in [0.25, 0.3) is 0 Å². The molecule has 4 nitrogen and oxygen atoms in total. The van der Waals surface area contributed by atoms with Gasteiger partial charge in [0.15, 0.2) is 5.01 Å². The summed E-state index contributed by atoms with van der Waals surface area (Å²) in [6.07, 6.45) is 0.903. The maximum atomic E-state index is 5.77. The average Bonchev–Trinajstić information content (AvgIpc) is 2.77. The summed E-state index contributed by atoms with van der Waals surface area (Å²) in [5, 5.41) is 9.00. The van der Waals surface area contributed by atoms with Gasteiger partial charge in [0.2, 0.25) is 5.13 Å². The largest absolute Gasteiger partial charge is 0.483 e. The fourth-order valence-corrected chi connectivity index (χ4v) is 2.06. The van der Waals surface area contributed by atoms with Crippen molar-refractivity contribution in [2.24, 2.45) is 0 Å². The van der Waals surface area contributed by atoms with E-state index in [2.05, 4.69) is 29.3 Å². The fourth-order valence-electron chi connectivity index (χ4n) is 1.47. The minimum absolute atomic E-state index is 0.128. The topological polar surface area (TPSA) is 61.0 Å². The van der Waals surface area contributed by atoms with Crippen LogP contribution >= 0.6 is 11.3 Å². The first-order valence-corrected chi connectivity index (χ1v) is 6.35. The quantitative estimate of drug-likeness (QED) is 0.905. The van der Waals surface area contributed by atoms with Crippen LogP contribution in [-0.2, 0) is 6.42 Å². The number of hydrogen-bond acceptors (Lipinski definition) is 5. The number of aryl methyl sites for hydroxylation is 1. The molecule has 0 unspecified atom stereocenters. The number of aromatic nitrogens is 2. The molecule has 5 heteroatoms. The van der Waals surface area contributed by atoms with Crippen molar-refractivity contribution >= 4 is 16.5 Å². The van der Waals surface area contributed by atoms with E-state index in [0.717, 1.165) is 17.2 Å². The van der Waals surface area contributed by atoms with Gasteiger partial charge in [0.1, 0.15) is 11.9 Å². The molecular formula is C12H15N3OS. The van der Waals surface area contributed by atoms with Gasteiger partial charge < -0.3 is 10.5 Å². The Hall–Kier alpha value is -1.62. The first-order valence-electron chi connectivity index (χ1n) is 5.53. The summed E-state index contributed by atoms with van der Waals surface area (Å²) in [6.45, 7) is 4.07. The highest BCUT2D eigenvalue weighted by molar-refractivity contribution is 7.15. The minimum Gasteiger partial charge on any atom is -0.483 e. The van der Waals surface area contributed by atoms with E-state index in [1.165, 1.54) is 16.9 Å². The molecule has 0 aliphatic heterocycles. The summed E-state index contributed by atoms with van der Waals surface area (Å²) in [7, 11) is 0. The summed E-state index contributed by atoms with van der Waals surface area (Å²) in [5.41, 5.74) is 6.83. The Kier molecular flexibility index (Phi) is 3.58. The highest BCUT2D eigenvalue weighted by Gasteiger charge is 2.12. The van der Waals surface area contributed by atoms with Crippen LogP contribution in [0.5, 0.6) is 5.75 Å². The Morgan fingerprint density at radius 2 is 2.00 bits per heavy atom. The molecule has 1 aromatic heterocycles. The van der Waals surface area contributed by atoms with Crippen LogP contribution in [0.2, 0.25) is 0 Å². The number of nitrogens with zero attached hydrogens (tertiary/aromatic N) is 2. The monoisotopic (exact) mass is 249 g/mol. The summed E-state index contributed by atoms with van der Waals surface area (Å²) in [5.74, 6) is 0.837. The van der Waals surface area contributed by atoms with Crippen molar-refractivity contribution in [1.82, 2.24) is 10.2 Å². The van der Waals surface area contributed by atoms with Crippen molar-refractivity contribution in [3.63, 3.8) is 0 Å². The molecular weight excluding hydrogens is 234 g/mol. The Morgan fingerprint density at radius 3 is 2.53 bits per heavy atom. The molecule has 17 heavy (non-hydrogen) atoms. The summed E-state index contributed by atoms with van der Waals surface area (Å²) in [6, 6.07) is 8.08. The van der Waals surface area contributed by atoms with E-state index in [1.54, 1.807) is 0 Å². The first-order chi connectivity index (χ1) is 8.19. The Morgan fingerprint density at radius 1 is 1.29 bits per heavy atom. The third-order valence-electron chi connectivity index (χ3n) is 2.45. The van der Waals surface area contributed by atoms with Crippen LogP contribution in [0.1, 0.15) is 30.5 Å². The second-order valence-corrected chi connectivity index (χ2v) is 4.78. The van der Waals surface area contributed by atoms with Gasteiger partial charge in [-0.25, -0.2) is 0 Å².